The minimum absolute atomic E-state index is 0.260. The van der Waals surface area contributed by atoms with Crippen molar-refractivity contribution in [2.24, 2.45) is 0 Å². The molecule has 102 valence electrons. The van der Waals surface area contributed by atoms with Gasteiger partial charge in [-0.3, -0.25) is 4.40 Å². The van der Waals surface area contributed by atoms with Crippen LogP contribution in [0.1, 0.15) is 0 Å². The second-order valence-corrected chi connectivity index (χ2v) is 6.66. The van der Waals surface area contributed by atoms with E-state index in [9.17, 15) is 8.42 Å². The molecule has 3 rings (SSSR count). The molecule has 8 heteroatoms. The lowest BCUT2D eigenvalue weighted by Gasteiger charge is -2.02. The van der Waals surface area contributed by atoms with Crippen LogP contribution in [0.2, 0.25) is 5.15 Å². The van der Waals surface area contributed by atoms with Crippen LogP contribution in [0.15, 0.2) is 41.6 Å². The molecule has 2 aromatic heterocycles. The van der Waals surface area contributed by atoms with Crippen LogP contribution in [0.4, 0.5) is 0 Å². The summed E-state index contributed by atoms with van der Waals surface area (Å²) in [6, 6.07) is 8.04. The van der Waals surface area contributed by atoms with E-state index < -0.39 is 9.84 Å². The van der Waals surface area contributed by atoms with Crippen LogP contribution in [0.25, 0.3) is 17.0 Å². The van der Waals surface area contributed by atoms with E-state index in [4.69, 9.17) is 11.6 Å². The fraction of sp³-hybridized carbons (Fsp3) is 0.0833. The minimum atomic E-state index is -3.21. The van der Waals surface area contributed by atoms with Gasteiger partial charge in [-0.1, -0.05) is 11.6 Å². The van der Waals surface area contributed by atoms with Crippen LogP contribution in [-0.4, -0.2) is 34.3 Å². The molecule has 2 heterocycles. The zero-order chi connectivity index (χ0) is 14.3. The van der Waals surface area contributed by atoms with Crippen molar-refractivity contribution in [1.82, 2.24) is 19.6 Å². The fourth-order valence-corrected chi connectivity index (χ4v) is 2.59. The summed E-state index contributed by atoms with van der Waals surface area (Å²) in [5.41, 5.74) is 1.32. The number of benzene rings is 1. The van der Waals surface area contributed by atoms with Gasteiger partial charge in [-0.2, -0.15) is 0 Å². The van der Waals surface area contributed by atoms with Crippen LogP contribution in [0, 0.1) is 0 Å². The predicted octanol–water partition coefficient (Wildman–Crippen LogP) is 1.85. The molecule has 3 aromatic rings. The van der Waals surface area contributed by atoms with E-state index in [1.165, 1.54) is 24.7 Å². The van der Waals surface area contributed by atoms with Crippen molar-refractivity contribution < 1.29 is 8.42 Å². The summed E-state index contributed by atoms with van der Waals surface area (Å²) < 4.78 is 24.5. The molecular formula is C12H9ClN4O2S. The van der Waals surface area contributed by atoms with Gasteiger partial charge in [0.25, 0.3) is 0 Å². The van der Waals surface area contributed by atoms with E-state index in [-0.39, 0.29) is 4.90 Å². The van der Waals surface area contributed by atoms with Crippen LogP contribution in [-0.2, 0) is 9.84 Å². The molecule has 0 unspecified atom stereocenters. The Bertz CT molecular complexity index is 887. The fourth-order valence-electron chi connectivity index (χ4n) is 1.82. The monoisotopic (exact) mass is 308 g/mol. The minimum Gasteiger partial charge on any atom is -0.265 e. The Hall–Kier alpha value is -1.99. The lowest BCUT2D eigenvalue weighted by molar-refractivity contribution is 0.602. The first-order chi connectivity index (χ1) is 9.45. The number of aromatic nitrogens is 4. The van der Waals surface area contributed by atoms with Crippen LogP contribution in [0.3, 0.4) is 0 Å². The Morgan fingerprint density at radius 3 is 2.50 bits per heavy atom. The van der Waals surface area contributed by atoms with Crippen molar-refractivity contribution in [3.63, 3.8) is 0 Å². The number of hydrogen-bond acceptors (Lipinski definition) is 5. The van der Waals surface area contributed by atoms with Crippen molar-refractivity contribution >= 4 is 27.1 Å². The van der Waals surface area contributed by atoms with Gasteiger partial charge in [0.05, 0.1) is 4.90 Å². The van der Waals surface area contributed by atoms with Gasteiger partial charge in [0, 0.05) is 17.9 Å². The second-order valence-electron chi connectivity index (χ2n) is 4.26. The zero-order valence-corrected chi connectivity index (χ0v) is 11.9. The van der Waals surface area contributed by atoms with Gasteiger partial charge in [-0.15, -0.1) is 10.2 Å². The average molecular weight is 309 g/mol. The lowest BCUT2D eigenvalue weighted by Crippen LogP contribution is -1.97. The molecule has 0 aliphatic carbocycles. The largest absolute Gasteiger partial charge is 0.265 e. The molecule has 0 saturated heterocycles. The normalized spacial score (nSPS) is 11.9. The number of sulfone groups is 1. The summed E-state index contributed by atoms with van der Waals surface area (Å²) >= 11 is 5.79. The van der Waals surface area contributed by atoms with Crippen LogP contribution >= 0.6 is 11.6 Å². The molecule has 0 saturated carbocycles. The first-order valence-corrected chi connectivity index (χ1v) is 7.89. The number of fused-ring (bicyclic) bond motifs is 1. The smallest absolute Gasteiger partial charge is 0.175 e. The van der Waals surface area contributed by atoms with Crippen molar-refractivity contribution in [3.8, 4) is 11.4 Å². The highest BCUT2D eigenvalue weighted by Gasteiger charge is 2.11. The predicted molar refractivity (Wildman–Crippen MR) is 74.3 cm³/mol. The van der Waals surface area contributed by atoms with Gasteiger partial charge in [0.1, 0.15) is 11.5 Å². The van der Waals surface area contributed by atoms with Crippen molar-refractivity contribution in [3.05, 3.63) is 41.8 Å². The molecule has 20 heavy (non-hydrogen) atoms. The van der Waals surface area contributed by atoms with E-state index in [0.29, 0.717) is 16.6 Å². The topological polar surface area (TPSA) is 77.2 Å². The molecule has 0 fully saturated rings. The molecule has 1 aromatic carbocycles. The molecule has 0 N–H and O–H groups in total. The molecule has 0 spiro atoms. The SMILES string of the molecule is CS(=O)(=O)c1ccc(-c2nnc3cc(Cl)ncn23)cc1. The molecule has 0 bridgehead atoms. The molecule has 0 aliphatic heterocycles. The Labute approximate surface area is 120 Å². The first-order valence-electron chi connectivity index (χ1n) is 5.62. The summed E-state index contributed by atoms with van der Waals surface area (Å²) in [6.07, 6.45) is 2.69. The standard InChI is InChI=1S/C12H9ClN4O2S/c1-20(18,19)9-4-2-8(3-5-9)12-16-15-11-6-10(13)14-7-17(11)12/h2-7H,1H3. The Morgan fingerprint density at radius 1 is 1.15 bits per heavy atom. The maximum Gasteiger partial charge on any atom is 0.175 e. The maximum absolute atomic E-state index is 11.4. The maximum atomic E-state index is 11.4. The van der Waals surface area contributed by atoms with Gasteiger partial charge in [-0.05, 0) is 24.3 Å². The van der Waals surface area contributed by atoms with Gasteiger partial charge in [-0.25, -0.2) is 13.4 Å². The molecule has 6 nitrogen and oxygen atoms in total. The summed E-state index contributed by atoms with van der Waals surface area (Å²) in [5.74, 6) is 0.573. The number of halogens is 1. The molecular weight excluding hydrogens is 300 g/mol. The molecule has 0 amide bonds. The number of rotatable bonds is 2. The van der Waals surface area contributed by atoms with Crippen LogP contribution in [0.5, 0.6) is 0 Å². The molecule has 0 atom stereocenters. The van der Waals surface area contributed by atoms with Gasteiger partial charge in [0.2, 0.25) is 0 Å². The number of hydrogen-bond donors (Lipinski definition) is 0. The second kappa shape index (κ2) is 4.53. The zero-order valence-electron chi connectivity index (χ0n) is 10.4. The quantitative estimate of drug-likeness (QED) is 0.675. The van der Waals surface area contributed by atoms with E-state index in [2.05, 4.69) is 15.2 Å². The van der Waals surface area contributed by atoms with Crippen molar-refractivity contribution in [1.29, 1.82) is 0 Å². The van der Waals surface area contributed by atoms with E-state index in [1.54, 1.807) is 22.6 Å². The van der Waals surface area contributed by atoms with Gasteiger partial charge >= 0.3 is 0 Å². The van der Waals surface area contributed by atoms with E-state index >= 15 is 0 Å². The highest BCUT2D eigenvalue weighted by molar-refractivity contribution is 7.90. The highest BCUT2D eigenvalue weighted by Crippen LogP contribution is 2.21. The molecule has 0 radical (unpaired) electrons. The van der Waals surface area contributed by atoms with Crippen LogP contribution < -0.4 is 0 Å². The van der Waals surface area contributed by atoms with E-state index in [1.807, 2.05) is 0 Å². The van der Waals surface area contributed by atoms with Gasteiger partial charge < -0.3 is 0 Å². The van der Waals surface area contributed by atoms with E-state index in [0.717, 1.165) is 5.56 Å². The van der Waals surface area contributed by atoms with Gasteiger partial charge in [0.15, 0.2) is 21.3 Å². The highest BCUT2D eigenvalue weighted by atomic mass is 35.5. The first kappa shape index (κ1) is 13.0. The third-order valence-electron chi connectivity index (χ3n) is 2.81. The van der Waals surface area contributed by atoms with Crippen molar-refractivity contribution in [2.75, 3.05) is 6.26 Å². The summed E-state index contributed by atoms with van der Waals surface area (Å²) in [7, 11) is -3.21. The lowest BCUT2D eigenvalue weighted by atomic mass is 10.2. The molecule has 0 aliphatic rings. The summed E-state index contributed by atoms with van der Waals surface area (Å²) in [4.78, 5) is 4.24. The number of nitrogens with zero attached hydrogens (tertiary/aromatic N) is 4. The van der Waals surface area contributed by atoms with Crippen molar-refractivity contribution in [2.45, 2.75) is 4.90 Å². The average Bonchev–Trinajstić information content (AvgIpc) is 2.80. The third-order valence-corrected chi connectivity index (χ3v) is 4.14. The Morgan fingerprint density at radius 2 is 1.85 bits per heavy atom. The summed E-state index contributed by atoms with van der Waals surface area (Å²) in [5, 5.41) is 8.40. The Balaban J connectivity index is 2.12. The Kier molecular flexibility index (Phi) is 2.95. The third kappa shape index (κ3) is 2.25. The summed E-state index contributed by atoms with van der Waals surface area (Å²) in [6.45, 7) is 0.